The summed E-state index contributed by atoms with van der Waals surface area (Å²) in [5.41, 5.74) is 5.92. The fourth-order valence-corrected chi connectivity index (χ4v) is 4.39. The molecule has 0 aliphatic heterocycles. The molecule has 0 radical (unpaired) electrons. The number of aryl methyl sites for hydroxylation is 4. The van der Waals surface area contributed by atoms with Gasteiger partial charge in [0.25, 0.3) is 15.9 Å². The van der Waals surface area contributed by atoms with Gasteiger partial charge in [-0.3, -0.25) is 14.4 Å². The molecule has 0 bridgehead atoms. The normalized spacial score (nSPS) is 11.2. The molecule has 0 aromatic heterocycles. The van der Waals surface area contributed by atoms with Gasteiger partial charge in [0.1, 0.15) is 0 Å². The Morgan fingerprint density at radius 2 is 1.56 bits per heavy atom. The molecular formula is C18H22N2O4S. The Kier molecular flexibility index (Phi) is 5.49. The van der Waals surface area contributed by atoms with E-state index >= 15 is 0 Å². The average molecular weight is 362 g/mol. The molecule has 0 unspecified atom stereocenters. The molecule has 2 aromatic carbocycles. The molecule has 0 atom stereocenters. The predicted molar refractivity (Wildman–Crippen MR) is 97.1 cm³/mol. The van der Waals surface area contributed by atoms with Crippen molar-refractivity contribution >= 4 is 21.6 Å². The molecule has 0 aliphatic rings. The van der Waals surface area contributed by atoms with Crippen LogP contribution in [0.2, 0.25) is 0 Å². The zero-order valence-corrected chi connectivity index (χ0v) is 15.7. The van der Waals surface area contributed by atoms with Gasteiger partial charge in [0.05, 0.1) is 17.7 Å². The second-order valence-corrected chi connectivity index (χ2v) is 7.62. The minimum Gasteiger partial charge on any atom is -0.279 e. The zero-order chi connectivity index (χ0) is 18.8. The van der Waals surface area contributed by atoms with Crippen molar-refractivity contribution in [3.8, 4) is 0 Å². The molecule has 0 saturated carbocycles. The van der Waals surface area contributed by atoms with Gasteiger partial charge in [-0.05, 0) is 56.5 Å². The van der Waals surface area contributed by atoms with Crippen molar-refractivity contribution in [3.05, 3.63) is 58.1 Å². The lowest BCUT2D eigenvalue weighted by molar-refractivity contribution is 0.0537. The molecule has 2 N–H and O–H groups in total. The van der Waals surface area contributed by atoms with Gasteiger partial charge < -0.3 is 0 Å². The monoisotopic (exact) mass is 362 g/mol. The SMILES string of the molecule is CONC(=O)c1ccc(C)c(NS(=O)(=O)c2c(C)cc(C)cc2C)c1. The van der Waals surface area contributed by atoms with Gasteiger partial charge in [-0.2, -0.15) is 0 Å². The van der Waals surface area contributed by atoms with E-state index in [0.717, 1.165) is 5.56 Å². The number of amides is 1. The molecule has 25 heavy (non-hydrogen) atoms. The van der Waals surface area contributed by atoms with Gasteiger partial charge >= 0.3 is 0 Å². The van der Waals surface area contributed by atoms with Crippen LogP contribution in [0.4, 0.5) is 5.69 Å². The van der Waals surface area contributed by atoms with E-state index in [9.17, 15) is 13.2 Å². The standard InChI is InChI=1S/C18H22N2O4S/c1-11-8-13(3)17(14(4)9-11)25(22,23)20-16-10-15(7-6-12(16)2)18(21)19-24-5/h6-10,20H,1-5H3,(H,19,21). The van der Waals surface area contributed by atoms with Crippen molar-refractivity contribution in [2.75, 3.05) is 11.8 Å². The van der Waals surface area contributed by atoms with E-state index in [4.69, 9.17) is 0 Å². The Morgan fingerprint density at radius 1 is 0.960 bits per heavy atom. The maximum Gasteiger partial charge on any atom is 0.274 e. The number of nitrogens with one attached hydrogen (secondary N) is 2. The topological polar surface area (TPSA) is 84.5 Å². The van der Waals surface area contributed by atoms with Crippen molar-refractivity contribution in [3.63, 3.8) is 0 Å². The fraction of sp³-hybridized carbons (Fsp3) is 0.278. The first-order valence-electron chi connectivity index (χ1n) is 7.70. The number of anilines is 1. The minimum absolute atomic E-state index is 0.254. The summed E-state index contributed by atoms with van der Waals surface area (Å²) in [4.78, 5) is 16.7. The molecule has 6 nitrogen and oxygen atoms in total. The third-order valence-electron chi connectivity index (χ3n) is 3.81. The van der Waals surface area contributed by atoms with Gasteiger partial charge in [-0.15, -0.1) is 0 Å². The lowest BCUT2D eigenvalue weighted by atomic mass is 10.1. The van der Waals surface area contributed by atoms with Crippen LogP contribution in [0.5, 0.6) is 0 Å². The Labute approximate surface area is 148 Å². The van der Waals surface area contributed by atoms with Crippen LogP contribution >= 0.6 is 0 Å². The lowest BCUT2D eigenvalue weighted by Gasteiger charge is -2.16. The number of benzene rings is 2. The lowest BCUT2D eigenvalue weighted by Crippen LogP contribution is -2.22. The highest BCUT2D eigenvalue weighted by Gasteiger charge is 2.21. The van der Waals surface area contributed by atoms with Gasteiger partial charge in [0.15, 0.2) is 0 Å². The summed E-state index contributed by atoms with van der Waals surface area (Å²) in [5.74, 6) is -0.453. The van der Waals surface area contributed by atoms with Crippen molar-refractivity contribution in [1.29, 1.82) is 0 Å². The van der Waals surface area contributed by atoms with E-state index in [1.807, 2.05) is 19.1 Å². The first-order valence-corrected chi connectivity index (χ1v) is 9.18. The highest BCUT2D eigenvalue weighted by molar-refractivity contribution is 7.92. The molecule has 0 heterocycles. The van der Waals surface area contributed by atoms with Gasteiger partial charge in [0, 0.05) is 5.56 Å². The third kappa shape index (κ3) is 4.18. The molecule has 2 aromatic rings. The Balaban J connectivity index is 2.45. The summed E-state index contributed by atoms with van der Waals surface area (Å²) in [7, 11) is -2.45. The molecule has 0 fully saturated rings. The fourth-order valence-electron chi connectivity index (χ4n) is 2.81. The summed E-state index contributed by atoms with van der Waals surface area (Å²) in [6, 6.07) is 8.43. The summed E-state index contributed by atoms with van der Waals surface area (Å²) in [6.07, 6.45) is 0. The third-order valence-corrected chi connectivity index (χ3v) is 5.48. The molecule has 134 valence electrons. The summed E-state index contributed by atoms with van der Waals surface area (Å²) in [5, 5.41) is 0. The summed E-state index contributed by atoms with van der Waals surface area (Å²) >= 11 is 0. The van der Waals surface area contributed by atoms with Gasteiger partial charge in [0.2, 0.25) is 0 Å². The van der Waals surface area contributed by atoms with Crippen LogP contribution in [0.25, 0.3) is 0 Å². The van der Waals surface area contributed by atoms with E-state index in [2.05, 4.69) is 15.0 Å². The number of carbonyl (C=O) groups excluding carboxylic acids is 1. The number of sulfonamides is 1. The molecule has 0 spiro atoms. The Hall–Kier alpha value is -2.38. The number of hydrogen-bond donors (Lipinski definition) is 2. The zero-order valence-electron chi connectivity index (χ0n) is 14.9. The average Bonchev–Trinajstić information content (AvgIpc) is 2.48. The maximum absolute atomic E-state index is 12.9. The van der Waals surface area contributed by atoms with Crippen molar-refractivity contribution in [1.82, 2.24) is 5.48 Å². The van der Waals surface area contributed by atoms with Crippen LogP contribution in [0, 0.1) is 27.7 Å². The van der Waals surface area contributed by atoms with E-state index in [-0.39, 0.29) is 4.90 Å². The first kappa shape index (κ1) is 19.0. The molecule has 2 rings (SSSR count). The van der Waals surface area contributed by atoms with E-state index in [1.54, 1.807) is 32.9 Å². The van der Waals surface area contributed by atoms with Crippen LogP contribution in [-0.2, 0) is 14.9 Å². The van der Waals surface area contributed by atoms with Crippen molar-refractivity contribution in [2.45, 2.75) is 32.6 Å². The number of hydroxylamine groups is 1. The quantitative estimate of drug-likeness (QED) is 0.801. The van der Waals surface area contributed by atoms with Crippen LogP contribution in [0.15, 0.2) is 35.2 Å². The molecule has 0 saturated heterocycles. The van der Waals surface area contributed by atoms with E-state index in [0.29, 0.717) is 27.9 Å². The highest BCUT2D eigenvalue weighted by atomic mass is 32.2. The predicted octanol–water partition coefficient (Wildman–Crippen LogP) is 3.01. The van der Waals surface area contributed by atoms with Gasteiger partial charge in [-0.1, -0.05) is 23.8 Å². The first-order chi connectivity index (χ1) is 11.7. The Bertz CT molecular complexity index is 898. The van der Waals surface area contributed by atoms with E-state index in [1.165, 1.54) is 13.2 Å². The smallest absolute Gasteiger partial charge is 0.274 e. The second kappa shape index (κ2) is 7.25. The maximum atomic E-state index is 12.9. The molecule has 1 amide bonds. The van der Waals surface area contributed by atoms with Crippen LogP contribution in [0.1, 0.15) is 32.6 Å². The Morgan fingerprint density at radius 3 is 2.12 bits per heavy atom. The van der Waals surface area contributed by atoms with Crippen molar-refractivity contribution in [2.24, 2.45) is 0 Å². The number of rotatable bonds is 5. The largest absolute Gasteiger partial charge is 0.279 e. The van der Waals surface area contributed by atoms with Crippen molar-refractivity contribution < 1.29 is 18.0 Å². The second-order valence-electron chi connectivity index (χ2n) is 6.00. The number of carbonyl (C=O) groups is 1. The summed E-state index contributed by atoms with van der Waals surface area (Å²) < 4.78 is 28.3. The van der Waals surface area contributed by atoms with Gasteiger partial charge in [-0.25, -0.2) is 13.9 Å². The molecular weight excluding hydrogens is 340 g/mol. The van der Waals surface area contributed by atoms with Crippen LogP contribution in [0.3, 0.4) is 0 Å². The van der Waals surface area contributed by atoms with Crippen LogP contribution in [-0.4, -0.2) is 21.4 Å². The molecule has 0 aliphatic carbocycles. The summed E-state index contributed by atoms with van der Waals surface area (Å²) in [6.45, 7) is 7.23. The minimum atomic E-state index is -3.78. The van der Waals surface area contributed by atoms with Crippen LogP contribution < -0.4 is 10.2 Å². The molecule has 7 heteroatoms. The van der Waals surface area contributed by atoms with E-state index < -0.39 is 15.9 Å². The number of hydrogen-bond acceptors (Lipinski definition) is 4. The highest BCUT2D eigenvalue weighted by Crippen LogP contribution is 2.26.